The molecule has 2 N–H and O–H groups in total. The molecular formula is C14H22ClN3O2S. The third-order valence-electron chi connectivity index (χ3n) is 3.57. The number of thiophene rings is 1. The molecule has 2 heterocycles. The van der Waals surface area contributed by atoms with E-state index in [9.17, 15) is 9.59 Å². The van der Waals surface area contributed by atoms with Gasteiger partial charge in [-0.15, -0.1) is 23.7 Å². The molecule has 0 radical (unpaired) electrons. The molecule has 1 aromatic rings. The first-order chi connectivity index (χ1) is 9.58. The van der Waals surface area contributed by atoms with Gasteiger partial charge in [-0.1, -0.05) is 6.07 Å². The third-order valence-corrected chi connectivity index (χ3v) is 4.43. The van der Waals surface area contributed by atoms with Crippen molar-refractivity contribution in [2.75, 3.05) is 20.1 Å². The highest BCUT2D eigenvalue weighted by molar-refractivity contribution is 7.12. The maximum atomic E-state index is 12.0. The summed E-state index contributed by atoms with van der Waals surface area (Å²) in [5.74, 6) is -0.206. The van der Waals surface area contributed by atoms with E-state index in [1.165, 1.54) is 16.2 Å². The number of halogens is 1. The average Bonchev–Trinajstić information content (AvgIpc) is 2.94. The van der Waals surface area contributed by atoms with Crippen LogP contribution < -0.4 is 10.6 Å². The number of nitrogens with zero attached hydrogens (tertiary/aromatic N) is 1. The van der Waals surface area contributed by atoms with Crippen LogP contribution in [0.15, 0.2) is 17.5 Å². The molecule has 1 saturated heterocycles. The third kappa shape index (κ3) is 4.98. The minimum absolute atomic E-state index is 0. The highest BCUT2D eigenvalue weighted by Crippen LogP contribution is 2.11. The molecule has 1 aromatic heterocycles. The van der Waals surface area contributed by atoms with Crippen molar-refractivity contribution in [1.29, 1.82) is 0 Å². The minimum Gasteiger partial charge on any atom is -0.350 e. The van der Waals surface area contributed by atoms with Gasteiger partial charge in [0, 0.05) is 19.1 Å². The molecule has 0 bridgehead atoms. The van der Waals surface area contributed by atoms with Crippen molar-refractivity contribution in [2.45, 2.75) is 31.8 Å². The van der Waals surface area contributed by atoms with Crippen molar-refractivity contribution in [3.05, 3.63) is 22.4 Å². The summed E-state index contributed by atoms with van der Waals surface area (Å²) < 4.78 is 0. The summed E-state index contributed by atoms with van der Waals surface area (Å²) in [7, 11) is 1.66. The fourth-order valence-electron chi connectivity index (χ4n) is 2.37. The molecule has 118 valence electrons. The molecule has 2 rings (SSSR count). The van der Waals surface area contributed by atoms with Gasteiger partial charge in [0.25, 0.3) is 5.91 Å². The molecule has 0 aromatic carbocycles. The minimum atomic E-state index is -0.107. The Morgan fingerprint density at radius 2 is 2.29 bits per heavy atom. The van der Waals surface area contributed by atoms with Gasteiger partial charge in [-0.3, -0.25) is 9.59 Å². The van der Waals surface area contributed by atoms with Crippen molar-refractivity contribution >= 4 is 35.6 Å². The van der Waals surface area contributed by atoms with Gasteiger partial charge < -0.3 is 15.5 Å². The second-order valence-corrected chi connectivity index (χ2v) is 6.15. The smallest absolute Gasteiger partial charge is 0.264 e. The summed E-state index contributed by atoms with van der Waals surface area (Å²) in [6, 6.07) is 4.04. The molecule has 0 saturated carbocycles. The first-order valence-corrected chi connectivity index (χ1v) is 7.77. The molecule has 1 aliphatic rings. The van der Waals surface area contributed by atoms with Gasteiger partial charge in [0.15, 0.2) is 0 Å². The van der Waals surface area contributed by atoms with Crippen LogP contribution in [0.2, 0.25) is 0 Å². The average molecular weight is 332 g/mol. The highest BCUT2D eigenvalue weighted by Gasteiger charge is 2.23. The molecule has 0 aliphatic carbocycles. The zero-order valence-electron chi connectivity index (χ0n) is 12.3. The van der Waals surface area contributed by atoms with Gasteiger partial charge in [-0.2, -0.15) is 0 Å². The lowest BCUT2D eigenvalue weighted by atomic mass is 10.00. The Labute approximate surface area is 135 Å². The fraction of sp³-hybridized carbons (Fsp3) is 0.571. The van der Waals surface area contributed by atoms with Crippen LogP contribution in [0, 0.1) is 0 Å². The predicted octanol–water partition coefficient (Wildman–Crippen LogP) is 1.50. The van der Waals surface area contributed by atoms with Crippen LogP contribution in [0.1, 0.15) is 29.4 Å². The maximum Gasteiger partial charge on any atom is 0.264 e. The normalized spacial score (nSPS) is 21.2. The molecule has 2 unspecified atom stereocenters. The number of rotatable bonds is 4. The van der Waals surface area contributed by atoms with Crippen molar-refractivity contribution in [3.8, 4) is 0 Å². The zero-order chi connectivity index (χ0) is 14.5. The van der Waals surface area contributed by atoms with Crippen LogP contribution in [-0.2, 0) is 4.79 Å². The number of likely N-dealkylation sites (N-methyl/N-ethyl adjacent to an activating group) is 1. The quantitative estimate of drug-likeness (QED) is 0.879. The van der Waals surface area contributed by atoms with Crippen LogP contribution in [0.4, 0.5) is 0 Å². The maximum absolute atomic E-state index is 12.0. The molecule has 0 spiro atoms. The number of hydrogen-bond donors (Lipinski definition) is 2. The lowest BCUT2D eigenvalue weighted by Gasteiger charge is -2.31. The van der Waals surface area contributed by atoms with E-state index >= 15 is 0 Å². The summed E-state index contributed by atoms with van der Waals surface area (Å²) in [6.45, 7) is 3.18. The molecule has 21 heavy (non-hydrogen) atoms. The molecule has 2 atom stereocenters. The van der Waals surface area contributed by atoms with Gasteiger partial charge in [0.1, 0.15) is 0 Å². The Bertz CT molecular complexity index is 467. The predicted molar refractivity (Wildman–Crippen MR) is 87.2 cm³/mol. The number of carbonyl (C=O) groups excluding carboxylic acids is 2. The van der Waals surface area contributed by atoms with Crippen LogP contribution in [0.5, 0.6) is 0 Å². The van der Waals surface area contributed by atoms with E-state index in [0.717, 1.165) is 19.4 Å². The van der Waals surface area contributed by atoms with Crippen LogP contribution in [0.25, 0.3) is 0 Å². The summed E-state index contributed by atoms with van der Waals surface area (Å²) in [4.78, 5) is 26.2. The van der Waals surface area contributed by atoms with E-state index in [4.69, 9.17) is 0 Å². The molecular weight excluding hydrogens is 310 g/mol. The molecule has 5 nitrogen and oxygen atoms in total. The van der Waals surface area contributed by atoms with Crippen LogP contribution in [0.3, 0.4) is 0 Å². The first-order valence-electron chi connectivity index (χ1n) is 6.89. The van der Waals surface area contributed by atoms with Gasteiger partial charge in [0.2, 0.25) is 5.91 Å². The van der Waals surface area contributed by atoms with Gasteiger partial charge in [0.05, 0.1) is 11.4 Å². The molecule has 7 heteroatoms. The van der Waals surface area contributed by atoms with Crippen LogP contribution in [-0.4, -0.2) is 48.9 Å². The number of hydrogen-bond acceptors (Lipinski definition) is 4. The zero-order valence-corrected chi connectivity index (χ0v) is 13.9. The number of amides is 2. The fourth-order valence-corrected chi connectivity index (χ4v) is 3.09. The summed E-state index contributed by atoms with van der Waals surface area (Å²) in [5, 5.41) is 8.21. The lowest BCUT2D eigenvalue weighted by Crippen LogP contribution is -2.53. The molecule has 1 aliphatic heterocycles. The van der Waals surface area contributed by atoms with E-state index in [1.807, 2.05) is 11.4 Å². The van der Waals surface area contributed by atoms with Crippen molar-refractivity contribution < 1.29 is 9.59 Å². The summed E-state index contributed by atoms with van der Waals surface area (Å²) in [6.07, 6.45) is 2.06. The Kier molecular flexibility index (Phi) is 7.14. The van der Waals surface area contributed by atoms with E-state index in [0.29, 0.717) is 4.88 Å². The number of nitrogens with one attached hydrogen (secondary N) is 2. The lowest BCUT2D eigenvalue weighted by molar-refractivity contribution is -0.122. The van der Waals surface area contributed by atoms with Gasteiger partial charge in [-0.05, 0) is 37.8 Å². The van der Waals surface area contributed by atoms with Gasteiger partial charge >= 0.3 is 0 Å². The monoisotopic (exact) mass is 331 g/mol. The molecule has 1 fully saturated rings. The van der Waals surface area contributed by atoms with Crippen molar-refractivity contribution in [1.82, 2.24) is 15.5 Å². The summed E-state index contributed by atoms with van der Waals surface area (Å²) >= 11 is 1.39. The Morgan fingerprint density at radius 3 is 2.90 bits per heavy atom. The van der Waals surface area contributed by atoms with Crippen LogP contribution >= 0.6 is 23.7 Å². The van der Waals surface area contributed by atoms with E-state index in [-0.39, 0.29) is 42.8 Å². The molecule has 2 amide bonds. The van der Waals surface area contributed by atoms with Crippen molar-refractivity contribution in [3.63, 3.8) is 0 Å². The van der Waals surface area contributed by atoms with E-state index < -0.39 is 0 Å². The number of carbonyl (C=O) groups is 2. The summed E-state index contributed by atoms with van der Waals surface area (Å²) in [5.41, 5.74) is 0. The van der Waals surface area contributed by atoms with E-state index in [1.54, 1.807) is 13.1 Å². The standard InChI is InChI=1S/C14H21N3O2S.ClH/c1-10-11(5-3-7-15-10)16-13(18)9-17(2)14(19)12-6-4-8-20-12;/h4,6,8,10-11,15H,3,5,7,9H2,1-2H3,(H,16,18);1H. The van der Waals surface area contributed by atoms with Gasteiger partial charge in [-0.25, -0.2) is 0 Å². The topological polar surface area (TPSA) is 61.4 Å². The number of piperidine rings is 1. The first kappa shape index (κ1) is 17.9. The largest absolute Gasteiger partial charge is 0.350 e. The Morgan fingerprint density at radius 1 is 1.52 bits per heavy atom. The van der Waals surface area contributed by atoms with E-state index in [2.05, 4.69) is 17.6 Å². The Balaban J connectivity index is 0.00000220. The Hall–Kier alpha value is -1.11. The second-order valence-electron chi connectivity index (χ2n) is 5.20. The SMILES string of the molecule is CC1NCCCC1NC(=O)CN(C)C(=O)c1cccs1.Cl. The van der Waals surface area contributed by atoms with Crippen molar-refractivity contribution in [2.24, 2.45) is 0 Å². The highest BCUT2D eigenvalue weighted by atomic mass is 35.5. The second kappa shape index (κ2) is 8.36.